The van der Waals surface area contributed by atoms with Gasteiger partial charge < -0.3 is 9.88 Å². The number of aromatic amines is 1. The molecule has 0 saturated heterocycles. The van der Waals surface area contributed by atoms with Gasteiger partial charge in [-0.15, -0.1) is 0 Å². The number of hydrogen-bond acceptors (Lipinski definition) is 5. The molecule has 0 aliphatic carbocycles. The Morgan fingerprint density at radius 2 is 2.30 bits per heavy atom. The highest BCUT2D eigenvalue weighted by molar-refractivity contribution is 7.89. The SMILES string of the molecule is CNCc1cn[nH]c1S(=O)(=O)N1CCn2ccnc2C1. The average molecular weight is 296 g/mol. The summed E-state index contributed by atoms with van der Waals surface area (Å²) in [4.78, 5) is 4.18. The molecular formula is C11H16N6O2S. The summed E-state index contributed by atoms with van der Waals surface area (Å²) in [7, 11) is -1.81. The molecule has 0 saturated carbocycles. The second-order valence-electron chi connectivity index (χ2n) is 4.63. The van der Waals surface area contributed by atoms with Gasteiger partial charge in [0, 0.05) is 37.6 Å². The van der Waals surface area contributed by atoms with Gasteiger partial charge in [-0.05, 0) is 7.05 Å². The fourth-order valence-electron chi connectivity index (χ4n) is 2.32. The summed E-state index contributed by atoms with van der Waals surface area (Å²) in [5.74, 6) is 0.759. The highest BCUT2D eigenvalue weighted by atomic mass is 32.2. The zero-order valence-electron chi connectivity index (χ0n) is 11.1. The lowest BCUT2D eigenvalue weighted by atomic mass is 10.4. The first-order valence-corrected chi connectivity index (χ1v) is 7.74. The van der Waals surface area contributed by atoms with Crippen LogP contribution in [0.3, 0.4) is 0 Å². The normalized spacial score (nSPS) is 16.2. The molecule has 3 heterocycles. The van der Waals surface area contributed by atoms with Crippen molar-refractivity contribution in [3.8, 4) is 0 Å². The largest absolute Gasteiger partial charge is 0.333 e. The molecule has 108 valence electrons. The van der Waals surface area contributed by atoms with Crippen LogP contribution in [0.2, 0.25) is 0 Å². The van der Waals surface area contributed by atoms with Gasteiger partial charge in [0.2, 0.25) is 0 Å². The van der Waals surface area contributed by atoms with Crippen LogP contribution < -0.4 is 5.32 Å². The fourth-order valence-corrected chi connectivity index (χ4v) is 3.81. The summed E-state index contributed by atoms with van der Waals surface area (Å²) in [5.41, 5.74) is 0.640. The van der Waals surface area contributed by atoms with Crippen LogP contribution in [-0.2, 0) is 29.7 Å². The molecule has 0 aromatic carbocycles. The number of hydrogen-bond donors (Lipinski definition) is 2. The molecule has 0 atom stereocenters. The molecule has 0 amide bonds. The van der Waals surface area contributed by atoms with Gasteiger partial charge in [0.05, 0.1) is 12.7 Å². The van der Waals surface area contributed by atoms with Gasteiger partial charge in [-0.25, -0.2) is 13.4 Å². The molecule has 8 nitrogen and oxygen atoms in total. The number of fused-ring (bicyclic) bond motifs is 1. The van der Waals surface area contributed by atoms with Gasteiger partial charge >= 0.3 is 0 Å². The average Bonchev–Trinajstić information content (AvgIpc) is 3.06. The van der Waals surface area contributed by atoms with Gasteiger partial charge in [-0.1, -0.05) is 0 Å². The van der Waals surface area contributed by atoms with Crippen molar-refractivity contribution in [2.24, 2.45) is 0 Å². The predicted molar refractivity (Wildman–Crippen MR) is 71.2 cm³/mol. The molecule has 2 aromatic heterocycles. The number of aromatic nitrogens is 4. The topological polar surface area (TPSA) is 95.9 Å². The number of H-pyrrole nitrogens is 1. The highest BCUT2D eigenvalue weighted by Gasteiger charge is 2.31. The van der Waals surface area contributed by atoms with E-state index in [1.165, 1.54) is 10.5 Å². The van der Waals surface area contributed by atoms with E-state index in [1.54, 1.807) is 13.2 Å². The Kier molecular flexibility index (Phi) is 3.32. The first-order chi connectivity index (χ1) is 9.63. The van der Waals surface area contributed by atoms with Crippen LogP contribution in [0.25, 0.3) is 0 Å². The smallest absolute Gasteiger partial charge is 0.260 e. The molecule has 1 aliphatic heterocycles. The Hall–Kier alpha value is -1.71. The molecule has 0 spiro atoms. The zero-order valence-corrected chi connectivity index (χ0v) is 11.9. The van der Waals surface area contributed by atoms with E-state index in [0.29, 0.717) is 25.2 Å². The Morgan fingerprint density at radius 1 is 1.45 bits per heavy atom. The van der Waals surface area contributed by atoms with Crippen molar-refractivity contribution in [3.05, 3.63) is 30.0 Å². The summed E-state index contributed by atoms with van der Waals surface area (Å²) in [6.45, 7) is 1.79. The van der Waals surface area contributed by atoms with Gasteiger partial charge in [-0.2, -0.15) is 9.40 Å². The van der Waals surface area contributed by atoms with E-state index in [1.807, 2.05) is 10.8 Å². The Morgan fingerprint density at radius 3 is 3.10 bits per heavy atom. The van der Waals surface area contributed by atoms with Crippen molar-refractivity contribution in [3.63, 3.8) is 0 Å². The first-order valence-electron chi connectivity index (χ1n) is 6.30. The number of nitrogens with zero attached hydrogens (tertiary/aromatic N) is 4. The minimum atomic E-state index is -3.57. The molecule has 20 heavy (non-hydrogen) atoms. The molecule has 3 rings (SSSR count). The predicted octanol–water partition coefficient (Wildman–Crippen LogP) is -0.470. The van der Waals surface area contributed by atoms with Crippen molar-refractivity contribution in [2.45, 2.75) is 24.7 Å². The Bertz CT molecular complexity index is 704. The number of sulfonamides is 1. The van der Waals surface area contributed by atoms with E-state index in [2.05, 4.69) is 20.5 Å². The molecule has 0 unspecified atom stereocenters. The summed E-state index contributed by atoms with van der Waals surface area (Å²) in [6.07, 6.45) is 5.09. The number of rotatable bonds is 4. The lowest BCUT2D eigenvalue weighted by Crippen LogP contribution is -2.38. The Labute approximate surface area is 116 Å². The second-order valence-corrected chi connectivity index (χ2v) is 6.50. The minimum absolute atomic E-state index is 0.159. The van der Waals surface area contributed by atoms with Gasteiger partial charge in [0.1, 0.15) is 5.82 Å². The van der Waals surface area contributed by atoms with E-state index < -0.39 is 10.0 Å². The lowest BCUT2D eigenvalue weighted by molar-refractivity contribution is 0.334. The van der Waals surface area contributed by atoms with Gasteiger partial charge in [-0.3, -0.25) is 5.10 Å². The lowest BCUT2D eigenvalue weighted by Gasteiger charge is -2.26. The monoisotopic (exact) mass is 296 g/mol. The van der Waals surface area contributed by atoms with Crippen LogP contribution in [0.1, 0.15) is 11.4 Å². The maximum absolute atomic E-state index is 12.7. The molecular weight excluding hydrogens is 280 g/mol. The van der Waals surface area contributed by atoms with E-state index in [9.17, 15) is 8.42 Å². The van der Waals surface area contributed by atoms with Gasteiger partial charge in [0.15, 0.2) is 5.03 Å². The number of imidazole rings is 1. The standard InChI is InChI=1S/C11H16N6O2S/c1-12-6-9-7-14-15-11(9)20(18,19)17-5-4-16-3-2-13-10(16)8-17/h2-3,7,12H,4-6,8H2,1H3,(H,14,15). The van der Waals surface area contributed by atoms with Crippen molar-refractivity contribution in [2.75, 3.05) is 13.6 Å². The highest BCUT2D eigenvalue weighted by Crippen LogP contribution is 2.21. The Balaban J connectivity index is 1.91. The second kappa shape index (κ2) is 5.00. The molecule has 1 aliphatic rings. The van der Waals surface area contributed by atoms with Crippen LogP contribution in [0.5, 0.6) is 0 Å². The maximum Gasteiger partial charge on any atom is 0.260 e. The first kappa shape index (κ1) is 13.3. The van der Waals surface area contributed by atoms with Crippen LogP contribution in [-0.4, -0.2) is 46.1 Å². The minimum Gasteiger partial charge on any atom is -0.333 e. The quantitative estimate of drug-likeness (QED) is 0.795. The maximum atomic E-state index is 12.7. The van der Waals surface area contributed by atoms with Crippen LogP contribution in [0.15, 0.2) is 23.6 Å². The van der Waals surface area contributed by atoms with E-state index >= 15 is 0 Å². The molecule has 0 radical (unpaired) electrons. The van der Waals surface area contributed by atoms with Crippen molar-refractivity contribution >= 4 is 10.0 Å². The van der Waals surface area contributed by atoms with E-state index in [0.717, 1.165) is 5.82 Å². The third-order valence-corrected chi connectivity index (χ3v) is 5.21. The fraction of sp³-hybridized carbons (Fsp3) is 0.455. The van der Waals surface area contributed by atoms with Gasteiger partial charge in [0.25, 0.3) is 10.0 Å². The molecule has 2 N–H and O–H groups in total. The summed E-state index contributed by atoms with van der Waals surface area (Å²) in [6, 6.07) is 0. The van der Waals surface area contributed by atoms with Crippen molar-refractivity contribution < 1.29 is 8.42 Å². The van der Waals surface area contributed by atoms with E-state index in [4.69, 9.17) is 0 Å². The molecule has 0 fully saturated rings. The number of nitrogens with one attached hydrogen (secondary N) is 2. The third kappa shape index (κ3) is 2.13. The summed E-state index contributed by atoms with van der Waals surface area (Å²) < 4.78 is 28.7. The van der Waals surface area contributed by atoms with Crippen molar-refractivity contribution in [1.82, 2.24) is 29.4 Å². The van der Waals surface area contributed by atoms with E-state index in [-0.39, 0.29) is 11.6 Å². The summed E-state index contributed by atoms with van der Waals surface area (Å²) >= 11 is 0. The molecule has 2 aromatic rings. The van der Waals surface area contributed by atoms with Crippen LogP contribution in [0, 0.1) is 0 Å². The zero-order chi connectivity index (χ0) is 14.2. The summed E-state index contributed by atoms with van der Waals surface area (Å²) in [5, 5.41) is 9.54. The third-order valence-electron chi connectivity index (χ3n) is 3.35. The van der Waals surface area contributed by atoms with Crippen LogP contribution in [0.4, 0.5) is 0 Å². The molecule has 0 bridgehead atoms. The van der Waals surface area contributed by atoms with Crippen molar-refractivity contribution in [1.29, 1.82) is 0 Å². The van der Waals surface area contributed by atoms with Crippen LogP contribution >= 0.6 is 0 Å². The molecule has 9 heteroatoms.